The van der Waals surface area contributed by atoms with Crippen LogP contribution in [0, 0.1) is 13.8 Å². The highest BCUT2D eigenvalue weighted by Gasteiger charge is 2.36. The molecule has 0 saturated carbocycles. The van der Waals surface area contributed by atoms with Gasteiger partial charge in [-0.15, -0.1) is 0 Å². The smallest absolute Gasteiger partial charge is 0.266 e. The number of benzene rings is 2. The van der Waals surface area contributed by atoms with Crippen LogP contribution in [0.3, 0.4) is 0 Å². The molecule has 21 heavy (non-hydrogen) atoms. The molecule has 5 heteroatoms. The molecule has 0 unspecified atom stereocenters. The van der Waals surface area contributed by atoms with E-state index in [0.717, 1.165) is 20.1 Å². The van der Waals surface area contributed by atoms with Gasteiger partial charge in [0.15, 0.2) is 0 Å². The fraction of sp³-hybridized carbons (Fsp3) is 0.125. The van der Waals surface area contributed by atoms with Crippen LogP contribution in [0.4, 0.5) is 5.69 Å². The minimum atomic E-state index is -0.280. The third-order valence-corrected chi connectivity index (χ3v) is 5.27. The van der Waals surface area contributed by atoms with Gasteiger partial charge in [0.25, 0.3) is 11.8 Å². The summed E-state index contributed by atoms with van der Waals surface area (Å²) in [7, 11) is 0. The Morgan fingerprint density at radius 1 is 0.857 bits per heavy atom. The van der Waals surface area contributed by atoms with Crippen LogP contribution in [0.25, 0.3) is 0 Å². The SMILES string of the molecule is Cc1cc(N2C(=O)c3ccc(Br)cc3C2=O)cc(C)c1Br. The first-order valence-electron chi connectivity index (χ1n) is 6.35. The Morgan fingerprint density at radius 3 is 2.05 bits per heavy atom. The number of aryl methyl sites for hydroxylation is 2. The van der Waals surface area contributed by atoms with E-state index in [9.17, 15) is 9.59 Å². The molecule has 1 aliphatic rings. The summed E-state index contributed by atoms with van der Waals surface area (Å²) in [5.74, 6) is -0.555. The van der Waals surface area contributed by atoms with Gasteiger partial charge in [-0.05, 0) is 55.3 Å². The molecule has 0 saturated heterocycles. The number of hydrogen-bond acceptors (Lipinski definition) is 2. The molecule has 0 atom stereocenters. The second-order valence-electron chi connectivity index (χ2n) is 5.03. The third kappa shape index (κ3) is 2.24. The van der Waals surface area contributed by atoms with Gasteiger partial charge in [0.05, 0.1) is 16.8 Å². The van der Waals surface area contributed by atoms with Crippen molar-refractivity contribution in [2.75, 3.05) is 4.90 Å². The Hall–Kier alpha value is -1.46. The van der Waals surface area contributed by atoms with Crippen LogP contribution in [-0.2, 0) is 0 Å². The van der Waals surface area contributed by atoms with Crippen LogP contribution in [0.15, 0.2) is 39.3 Å². The molecule has 2 aromatic rings. The predicted molar refractivity (Wildman–Crippen MR) is 88.9 cm³/mol. The van der Waals surface area contributed by atoms with Gasteiger partial charge in [-0.2, -0.15) is 0 Å². The summed E-state index contributed by atoms with van der Waals surface area (Å²) >= 11 is 6.83. The lowest BCUT2D eigenvalue weighted by Crippen LogP contribution is -2.29. The van der Waals surface area contributed by atoms with Gasteiger partial charge >= 0.3 is 0 Å². The molecule has 0 aromatic heterocycles. The molecular weight excluding hydrogens is 398 g/mol. The first-order chi connectivity index (χ1) is 9.90. The number of hydrogen-bond donors (Lipinski definition) is 0. The van der Waals surface area contributed by atoms with E-state index in [-0.39, 0.29) is 11.8 Å². The van der Waals surface area contributed by atoms with E-state index in [0.29, 0.717) is 16.8 Å². The quantitative estimate of drug-likeness (QED) is 0.645. The highest BCUT2D eigenvalue weighted by molar-refractivity contribution is 9.10. The Balaban J connectivity index is 2.14. The van der Waals surface area contributed by atoms with Gasteiger partial charge < -0.3 is 0 Å². The van der Waals surface area contributed by atoms with Crippen LogP contribution < -0.4 is 4.90 Å². The average Bonchev–Trinajstić information content (AvgIpc) is 2.67. The lowest BCUT2D eigenvalue weighted by Gasteiger charge is -2.16. The number of fused-ring (bicyclic) bond motifs is 1. The van der Waals surface area contributed by atoms with Crippen molar-refractivity contribution in [2.45, 2.75) is 13.8 Å². The van der Waals surface area contributed by atoms with Gasteiger partial charge in [-0.25, -0.2) is 4.90 Å². The number of amides is 2. The van der Waals surface area contributed by atoms with E-state index in [2.05, 4.69) is 31.9 Å². The van der Waals surface area contributed by atoms with Crippen LogP contribution in [-0.4, -0.2) is 11.8 Å². The summed E-state index contributed by atoms with van der Waals surface area (Å²) in [4.78, 5) is 26.3. The van der Waals surface area contributed by atoms with E-state index < -0.39 is 0 Å². The van der Waals surface area contributed by atoms with E-state index in [4.69, 9.17) is 0 Å². The van der Waals surface area contributed by atoms with Crippen molar-refractivity contribution in [1.29, 1.82) is 0 Å². The number of imide groups is 1. The van der Waals surface area contributed by atoms with Gasteiger partial charge in [0, 0.05) is 8.95 Å². The third-order valence-electron chi connectivity index (χ3n) is 3.53. The maximum atomic E-state index is 12.5. The van der Waals surface area contributed by atoms with Gasteiger partial charge in [-0.1, -0.05) is 31.9 Å². The molecule has 0 spiro atoms. The molecule has 106 valence electrons. The largest absolute Gasteiger partial charge is 0.268 e. The lowest BCUT2D eigenvalue weighted by molar-refractivity contribution is 0.0926. The number of nitrogens with zero attached hydrogens (tertiary/aromatic N) is 1. The minimum Gasteiger partial charge on any atom is -0.268 e. The van der Waals surface area contributed by atoms with Crippen molar-refractivity contribution in [1.82, 2.24) is 0 Å². The maximum Gasteiger partial charge on any atom is 0.266 e. The van der Waals surface area contributed by atoms with Crippen LogP contribution in [0.2, 0.25) is 0 Å². The molecule has 3 rings (SSSR count). The summed E-state index contributed by atoms with van der Waals surface area (Å²) in [6.07, 6.45) is 0. The number of anilines is 1. The number of halogens is 2. The summed E-state index contributed by atoms with van der Waals surface area (Å²) in [5, 5.41) is 0. The molecular formula is C16H11Br2NO2. The standard InChI is InChI=1S/C16H11Br2NO2/c1-8-5-11(6-9(2)14(8)18)19-15(20)12-4-3-10(17)7-13(12)16(19)21/h3-7H,1-2H3. The van der Waals surface area contributed by atoms with Crippen LogP contribution >= 0.6 is 31.9 Å². The Kier molecular flexibility index (Phi) is 3.50. The first kappa shape index (κ1) is 14.5. The highest BCUT2D eigenvalue weighted by atomic mass is 79.9. The van der Waals surface area contributed by atoms with E-state index >= 15 is 0 Å². The molecule has 3 nitrogen and oxygen atoms in total. The van der Waals surface area contributed by atoms with Crippen molar-refractivity contribution in [2.24, 2.45) is 0 Å². The summed E-state index contributed by atoms with van der Waals surface area (Å²) in [5.41, 5.74) is 3.47. The summed E-state index contributed by atoms with van der Waals surface area (Å²) in [6.45, 7) is 3.88. The number of carbonyl (C=O) groups excluding carboxylic acids is 2. The van der Waals surface area contributed by atoms with Crippen LogP contribution in [0.5, 0.6) is 0 Å². The molecule has 2 amide bonds. The Bertz CT molecular complexity index is 776. The maximum absolute atomic E-state index is 12.5. The summed E-state index contributed by atoms with van der Waals surface area (Å²) < 4.78 is 1.78. The van der Waals surface area contributed by atoms with Gasteiger partial charge in [-0.3, -0.25) is 9.59 Å². The monoisotopic (exact) mass is 407 g/mol. The second kappa shape index (κ2) is 5.07. The molecule has 0 N–H and O–H groups in total. The number of rotatable bonds is 1. The molecule has 0 fully saturated rings. The second-order valence-corrected chi connectivity index (χ2v) is 6.74. The van der Waals surface area contributed by atoms with E-state index in [1.54, 1.807) is 18.2 Å². The average molecular weight is 409 g/mol. The summed E-state index contributed by atoms with van der Waals surface area (Å²) in [6, 6.07) is 8.82. The molecule has 0 aliphatic carbocycles. The zero-order valence-corrected chi connectivity index (χ0v) is 14.6. The van der Waals surface area contributed by atoms with Crippen molar-refractivity contribution < 1.29 is 9.59 Å². The van der Waals surface area contributed by atoms with E-state index in [1.165, 1.54) is 4.90 Å². The molecule has 1 aliphatic heterocycles. The van der Waals surface area contributed by atoms with Gasteiger partial charge in [0.2, 0.25) is 0 Å². The molecule has 0 bridgehead atoms. The fourth-order valence-corrected chi connectivity index (χ4v) is 3.09. The zero-order chi connectivity index (χ0) is 15.3. The van der Waals surface area contributed by atoms with Crippen molar-refractivity contribution in [3.05, 3.63) is 61.5 Å². The van der Waals surface area contributed by atoms with Crippen LogP contribution in [0.1, 0.15) is 31.8 Å². The van der Waals surface area contributed by atoms with Crippen molar-refractivity contribution in [3.8, 4) is 0 Å². The predicted octanol–water partition coefficient (Wildman–Crippen LogP) is 4.63. The molecule has 2 aromatic carbocycles. The van der Waals surface area contributed by atoms with E-state index in [1.807, 2.05) is 26.0 Å². The Labute approximate surface area is 139 Å². The lowest BCUT2D eigenvalue weighted by atomic mass is 10.1. The zero-order valence-electron chi connectivity index (χ0n) is 11.4. The van der Waals surface area contributed by atoms with Crippen molar-refractivity contribution >= 4 is 49.4 Å². The topological polar surface area (TPSA) is 37.4 Å². The normalized spacial score (nSPS) is 13.8. The number of carbonyl (C=O) groups is 2. The first-order valence-corrected chi connectivity index (χ1v) is 7.94. The molecule has 1 heterocycles. The minimum absolute atomic E-state index is 0.274. The molecule has 0 radical (unpaired) electrons. The van der Waals surface area contributed by atoms with Crippen molar-refractivity contribution in [3.63, 3.8) is 0 Å². The highest BCUT2D eigenvalue weighted by Crippen LogP contribution is 2.33. The fourth-order valence-electron chi connectivity index (χ4n) is 2.50. The Morgan fingerprint density at radius 2 is 1.43 bits per heavy atom. The van der Waals surface area contributed by atoms with Gasteiger partial charge in [0.1, 0.15) is 0 Å².